The fourth-order valence-electron chi connectivity index (χ4n) is 3.04. The Morgan fingerprint density at radius 2 is 1.92 bits per heavy atom. The summed E-state index contributed by atoms with van der Waals surface area (Å²) in [6.07, 6.45) is 2.03. The van der Waals surface area contributed by atoms with Gasteiger partial charge in [0.15, 0.2) is 11.5 Å². The standard InChI is InChI=1S/C16H21N3O5S/c1-11-5-10-23-14(11)16(20)18-6-4-7-19(9-8-18)25(21,22)15-12(2)17-24-13(15)3/h5,10H,4,6-9H2,1-3H3. The van der Waals surface area contributed by atoms with E-state index in [2.05, 4.69) is 5.16 Å². The zero-order chi connectivity index (χ0) is 18.2. The molecular formula is C16H21N3O5S. The molecule has 3 heterocycles. The van der Waals surface area contributed by atoms with Gasteiger partial charge in [0.1, 0.15) is 10.6 Å². The number of aryl methyl sites for hydroxylation is 3. The topological polar surface area (TPSA) is 96.9 Å². The van der Waals surface area contributed by atoms with Crippen molar-refractivity contribution in [2.45, 2.75) is 32.1 Å². The lowest BCUT2D eigenvalue weighted by molar-refractivity contribution is 0.0731. The van der Waals surface area contributed by atoms with Gasteiger partial charge in [-0.15, -0.1) is 0 Å². The van der Waals surface area contributed by atoms with Crippen LogP contribution in [0.2, 0.25) is 0 Å². The molecule has 1 aliphatic heterocycles. The Labute approximate surface area is 146 Å². The monoisotopic (exact) mass is 367 g/mol. The van der Waals surface area contributed by atoms with Crippen molar-refractivity contribution < 1.29 is 22.2 Å². The molecule has 136 valence electrons. The number of furan rings is 1. The minimum Gasteiger partial charge on any atom is -0.459 e. The zero-order valence-corrected chi connectivity index (χ0v) is 15.3. The van der Waals surface area contributed by atoms with Gasteiger partial charge in [-0.25, -0.2) is 8.42 Å². The van der Waals surface area contributed by atoms with E-state index in [9.17, 15) is 13.2 Å². The lowest BCUT2D eigenvalue weighted by atomic mass is 10.2. The summed E-state index contributed by atoms with van der Waals surface area (Å²) in [7, 11) is -3.70. The van der Waals surface area contributed by atoms with Gasteiger partial charge in [0.25, 0.3) is 5.91 Å². The summed E-state index contributed by atoms with van der Waals surface area (Å²) in [5.41, 5.74) is 1.12. The lowest BCUT2D eigenvalue weighted by Crippen LogP contribution is -2.37. The average Bonchev–Trinajstić information content (AvgIpc) is 3.02. The number of hydrogen-bond acceptors (Lipinski definition) is 6. The van der Waals surface area contributed by atoms with E-state index < -0.39 is 10.0 Å². The SMILES string of the molecule is Cc1ccoc1C(=O)N1CCCN(S(=O)(=O)c2c(C)noc2C)CC1. The maximum absolute atomic E-state index is 12.9. The highest BCUT2D eigenvalue weighted by atomic mass is 32.2. The van der Waals surface area contributed by atoms with Crippen molar-refractivity contribution in [1.29, 1.82) is 0 Å². The second kappa shape index (κ2) is 6.64. The highest BCUT2D eigenvalue weighted by Crippen LogP contribution is 2.24. The Kier molecular flexibility index (Phi) is 4.70. The van der Waals surface area contributed by atoms with Gasteiger partial charge in [-0.05, 0) is 33.3 Å². The van der Waals surface area contributed by atoms with Crippen LogP contribution in [0.3, 0.4) is 0 Å². The Balaban J connectivity index is 1.78. The first kappa shape index (κ1) is 17.7. The van der Waals surface area contributed by atoms with Gasteiger partial charge in [0, 0.05) is 31.7 Å². The first-order chi connectivity index (χ1) is 11.8. The van der Waals surface area contributed by atoms with Crippen molar-refractivity contribution in [3.8, 4) is 0 Å². The summed E-state index contributed by atoms with van der Waals surface area (Å²) >= 11 is 0. The van der Waals surface area contributed by atoms with E-state index in [0.29, 0.717) is 37.5 Å². The summed E-state index contributed by atoms with van der Waals surface area (Å²) in [6.45, 7) is 6.35. The number of nitrogens with zero attached hydrogens (tertiary/aromatic N) is 3. The molecule has 25 heavy (non-hydrogen) atoms. The molecular weight excluding hydrogens is 346 g/mol. The van der Waals surface area contributed by atoms with Gasteiger partial charge in [-0.3, -0.25) is 4.79 Å². The smallest absolute Gasteiger partial charge is 0.289 e. The minimum absolute atomic E-state index is 0.120. The van der Waals surface area contributed by atoms with Gasteiger partial charge in [-0.1, -0.05) is 5.16 Å². The van der Waals surface area contributed by atoms with Crippen molar-refractivity contribution in [3.63, 3.8) is 0 Å². The van der Waals surface area contributed by atoms with Crippen LogP contribution >= 0.6 is 0 Å². The van der Waals surface area contributed by atoms with Crippen molar-refractivity contribution in [2.24, 2.45) is 0 Å². The molecule has 1 aliphatic rings. The molecule has 0 N–H and O–H groups in total. The van der Waals surface area contributed by atoms with Crippen LogP contribution in [-0.2, 0) is 10.0 Å². The number of carbonyl (C=O) groups excluding carboxylic acids is 1. The highest BCUT2D eigenvalue weighted by Gasteiger charge is 2.33. The van der Waals surface area contributed by atoms with Crippen LogP contribution in [0, 0.1) is 20.8 Å². The number of sulfonamides is 1. The fourth-order valence-corrected chi connectivity index (χ4v) is 4.81. The van der Waals surface area contributed by atoms with Crippen molar-refractivity contribution in [3.05, 3.63) is 35.1 Å². The molecule has 0 atom stereocenters. The van der Waals surface area contributed by atoms with Crippen molar-refractivity contribution in [1.82, 2.24) is 14.4 Å². The van der Waals surface area contributed by atoms with E-state index in [4.69, 9.17) is 8.94 Å². The predicted octanol–water partition coefficient (Wildman–Crippen LogP) is 1.73. The molecule has 0 radical (unpaired) electrons. The molecule has 0 aromatic carbocycles. The molecule has 1 amide bonds. The summed E-state index contributed by atoms with van der Waals surface area (Å²) in [4.78, 5) is 14.3. The normalized spacial score (nSPS) is 16.8. The van der Waals surface area contributed by atoms with Crippen molar-refractivity contribution >= 4 is 15.9 Å². The molecule has 0 saturated carbocycles. The largest absolute Gasteiger partial charge is 0.459 e. The molecule has 1 fully saturated rings. The minimum atomic E-state index is -3.70. The van der Waals surface area contributed by atoms with Gasteiger partial charge in [0.05, 0.1) is 6.26 Å². The molecule has 0 unspecified atom stereocenters. The molecule has 0 aliphatic carbocycles. The van der Waals surface area contributed by atoms with Gasteiger partial charge < -0.3 is 13.8 Å². The maximum atomic E-state index is 12.9. The number of rotatable bonds is 3. The van der Waals surface area contributed by atoms with Crippen LogP contribution in [0.1, 0.15) is 34.0 Å². The highest BCUT2D eigenvalue weighted by molar-refractivity contribution is 7.89. The molecule has 2 aromatic rings. The molecule has 0 bridgehead atoms. The second-order valence-corrected chi connectivity index (χ2v) is 8.01. The molecule has 9 heteroatoms. The van der Waals surface area contributed by atoms with Crippen molar-refractivity contribution in [2.75, 3.05) is 26.2 Å². The van der Waals surface area contributed by atoms with E-state index in [1.54, 1.807) is 24.8 Å². The van der Waals surface area contributed by atoms with Crippen LogP contribution in [0.5, 0.6) is 0 Å². The van der Waals surface area contributed by atoms with Gasteiger partial charge in [0.2, 0.25) is 10.0 Å². The van der Waals surface area contributed by atoms with Crippen LogP contribution in [0.25, 0.3) is 0 Å². The quantitative estimate of drug-likeness (QED) is 0.820. The third-order valence-electron chi connectivity index (χ3n) is 4.36. The summed E-state index contributed by atoms with van der Waals surface area (Å²) < 4.78 is 37.5. The number of aromatic nitrogens is 1. The average molecular weight is 367 g/mol. The van der Waals surface area contributed by atoms with E-state index in [0.717, 1.165) is 5.56 Å². The van der Waals surface area contributed by atoms with Crippen LogP contribution < -0.4 is 0 Å². The maximum Gasteiger partial charge on any atom is 0.289 e. The lowest BCUT2D eigenvalue weighted by Gasteiger charge is -2.21. The van der Waals surface area contributed by atoms with E-state index in [1.165, 1.54) is 10.6 Å². The molecule has 0 spiro atoms. The summed E-state index contributed by atoms with van der Waals surface area (Å²) in [5, 5.41) is 3.73. The van der Waals surface area contributed by atoms with E-state index in [-0.39, 0.29) is 23.1 Å². The molecule has 2 aromatic heterocycles. The number of carbonyl (C=O) groups is 1. The first-order valence-electron chi connectivity index (χ1n) is 8.08. The van der Waals surface area contributed by atoms with E-state index >= 15 is 0 Å². The number of hydrogen-bond donors (Lipinski definition) is 0. The van der Waals surface area contributed by atoms with E-state index in [1.807, 2.05) is 6.92 Å². The van der Waals surface area contributed by atoms with Crippen LogP contribution in [-0.4, -0.2) is 54.9 Å². The summed E-state index contributed by atoms with van der Waals surface area (Å²) in [6, 6.07) is 1.74. The Morgan fingerprint density at radius 3 is 2.52 bits per heavy atom. The zero-order valence-electron chi connectivity index (χ0n) is 14.5. The molecule has 1 saturated heterocycles. The van der Waals surface area contributed by atoms with Gasteiger partial charge in [-0.2, -0.15) is 4.31 Å². The molecule has 3 rings (SSSR count). The van der Waals surface area contributed by atoms with Crippen LogP contribution in [0.15, 0.2) is 26.2 Å². The molecule has 8 nitrogen and oxygen atoms in total. The Morgan fingerprint density at radius 1 is 1.16 bits per heavy atom. The fraction of sp³-hybridized carbons (Fsp3) is 0.500. The van der Waals surface area contributed by atoms with Gasteiger partial charge >= 0.3 is 0 Å². The Bertz CT molecular complexity index is 864. The second-order valence-electron chi connectivity index (χ2n) is 6.14. The first-order valence-corrected chi connectivity index (χ1v) is 9.52. The van der Waals surface area contributed by atoms with Crippen LogP contribution in [0.4, 0.5) is 0 Å². The predicted molar refractivity (Wildman–Crippen MR) is 88.7 cm³/mol. The summed E-state index contributed by atoms with van der Waals surface area (Å²) in [5.74, 6) is 0.377. The third kappa shape index (κ3) is 3.21. The third-order valence-corrected chi connectivity index (χ3v) is 6.51. The number of amides is 1. The Hall–Kier alpha value is -2.13.